The van der Waals surface area contributed by atoms with Gasteiger partial charge in [-0.25, -0.2) is 24.4 Å². The number of aromatic carboxylic acids is 1. The fourth-order valence-corrected chi connectivity index (χ4v) is 21.0. The molecule has 4 unspecified atom stereocenters. The van der Waals surface area contributed by atoms with E-state index in [1.807, 2.05) is 52.9 Å². The van der Waals surface area contributed by atoms with Gasteiger partial charge < -0.3 is 75.1 Å². The van der Waals surface area contributed by atoms with Gasteiger partial charge in [-0.15, -0.1) is 0 Å². The molecule has 3 aromatic carbocycles. The van der Waals surface area contributed by atoms with Crippen LogP contribution in [0.3, 0.4) is 0 Å². The van der Waals surface area contributed by atoms with Crippen LogP contribution in [0.15, 0.2) is 91.1 Å². The molecule has 6 fully saturated rings. The van der Waals surface area contributed by atoms with E-state index in [2.05, 4.69) is 40.1 Å². The molecule has 121 heavy (non-hydrogen) atoms. The SMILES string of the molecule is Cc1c(-c2ccc(N3CCc4cccc(C(=O)Nc5nc6ccccc6s5)c4C3)nc2C(=O)O)cnn1CC12CC3(C)CC(C)(C1)CC(OCCN(CCS(=O)(=O)O)C(=O)OCc1ccc(NC(=O)C(C)NC(=O)C(NC(=O)CN4C(=O)[C@@H](N5C(=O)C=CC5=O)C[C@H]4COCCS(=O)(=O)O)C(C)C)cc1CC[C@@H]1O[C@H](C(=O)O)[C@@H](O)[C@H](O)[C@H]1O)(C3)C2. The minimum absolute atomic E-state index is 0.0784. The fourth-order valence-electron chi connectivity index (χ4n) is 19.4. The third kappa shape index (κ3) is 20.1. The summed E-state index contributed by atoms with van der Waals surface area (Å²) in [5.74, 6) is -10.0. The summed E-state index contributed by atoms with van der Waals surface area (Å²) in [6, 6.07) is 16.0. The maximum atomic E-state index is 14.4. The number of aromatic nitrogens is 4. The number of thiazole rings is 1. The molecule has 4 aliphatic heterocycles. The van der Waals surface area contributed by atoms with E-state index in [0.717, 1.165) is 62.6 Å². The molecule has 8 aliphatic rings. The second-order valence-electron chi connectivity index (χ2n) is 33.8. The minimum atomic E-state index is -4.67. The number of aliphatic carboxylic acids is 1. The van der Waals surface area contributed by atoms with Gasteiger partial charge in [0.1, 0.15) is 48.9 Å². The molecule has 14 rings (SSSR count). The van der Waals surface area contributed by atoms with Gasteiger partial charge in [0, 0.05) is 79.4 Å². The molecule has 11 N–H and O–H groups in total. The van der Waals surface area contributed by atoms with Crippen molar-refractivity contribution in [3.63, 3.8) is 0 Å². The number of anilines is 3. The molecule has 4 bridgehead atoms. The molecule has 7 heterocycles. The molecule has 0 spiro atoms. The van der Waals surface area contributed by atoms with Crippen LogP contribution in [0.4, 0.5) is 21.4 Å². The van der Waals surface area contributed by atoms with E-state index in [4.69, 9.17) is 29.0 Å². The summed E-state index contributed by atoms with van der Waals surface area (Å²) in [4.78, 5) is 149. The number of para-hydroxylation sites is 1. The molecule has 4 aliphatic carbocycles. The fraction of sp³-hybridized carbons (Fsp3) is 0.519. The first kappa shape index (κ1) is 88.5. The predicted octanol–water partition coefficient (Wildman–Crippen LogP) is 4.29. The third-order valence-electron chi connectivity index (χ3n) is 23.9. The Bertz CT molecular complexity index is 5280. The molecule has 37 nitrogen and oxygen atoms in total. The Kier molecular flexibility index (Phi) is 25.8. The van der Waals surface area contributed by atoms with Gasteiger partial charge >= 0.3 is 18.0 Å². The first-order valence-electron chi connectivity index (χ1n) is 39.7. The molecule has 3 aromatic heterocycles. The van der Waals surface area contributed by atoms with Crippen LogP contribution in [0.25, 0.3) is 21.3 Å². The molecule has 4 saturated carbocycles. The van der Waals surface area contributed by atoms with E-state index in [0.29, 0.717) is 83.6 Å². The largest absolute Gasteiger partial charge is 0.479 e. The minimum Gasteiger partial charge on any atom is -0.479 e. The van der Waals surface area contributed by atoms with Crippen molar-refractivity contribution >= 4 is 118 Å². The number of nitrogens with one attached hydrogen (secondary N) is 4. The van der Waals surface area contributed by atoms with Crippen LogP contribution < -0.4 is 26.2 Å². The van der Waals surface area contributed by atoms with Crippen molar-refractivity contribution in [2.45, 2.75) is 186 Å². The zero-order chi connectivity index (χ0) is 87.2. The van der Waals surface area contributed by atoms with E-state index in [-0.39, 0.29) is 83.7 Å². The summed E-state index contributed by atoms with van der Waals surface area (Å²) in [6.07, 6.45) is -2.13. The number of benzene rings is 3. The van der Waals surface area contributed by atoms with Gasteiger partial charge in [-0.3, -0.25) is 57.6 Å². The molecule has 6 aromatic rings. The monoisotopic (exact) mass is 1730 g/mol. The number of nitrogens with zero attached hydrogens (tertiary/aromatic N) is 8. The van der Waals surface area contributed by atoms with Crippen LogP contribution in [0.5, 0.6) is 0 Å². The summed E-state index contributed by atoms with van der Waals surface area (Å²) >= 11 is 1.38. The third-order valence-corrected chi connectivity index (χ3v) is 26.2. The van der Waals surface area contributed by atoms with Gasteiger partial charge in [0.2, 0.25) is 23.6 Å². The van der Waals surface area contributed by atoms with E-state index < -0.39 is 178 Å². The van der Waals surface area contributed by atoms with Crippen molar-refractivity contribution in [2.75, 3.05) is 73.0 Å². The zero-order valence-electron chi connectivity index (χ0n) is 67.3. The highest BCUT2D eigenvalue weighted by Gasteiger charge is 2.66. The Hall–Kier alpha value is -10.3. The van der Waals surface area contributed by atoms with Gasteiger partial charge in [0.25, 0.3) is 38.0 Å². The second-order valence-corrected chi connectivity index (χ2v) is 38.0. The molecular weight excluding hydrogens is 1640 g/mol. The van der Waals surface area contributed by atoms with E-state index in [1.54, 1.807) is 38.2 Å². The van der Waals surface area contributed by atoms with E-state index in [9.17, 15) is 99.4 Å². The van der Waals surface area contributed by atoms with Crippen molar-refractivity contribution in [1.29, 1.82) is 0 Å². The van der Waals surface area contributed by atoms with Gasteiger partial charge in [-0.2, -0.15) is 21.9 Å². The smallest absolute Gasteiger partial charge is 0.410 e. The van der Waals surface area contributed by atoms with Crippen molar-refractivity contribution in [3.8, 4) is 11.1 Å². The number of aliphatic hydroxyl groups excluding tert-OH is 3. The highest BCUT2D eigenvalue weighted by atomic mass is 32.2. The van der Waals surface area contributed by atoms with Crippen molar-refractivity contribution in [1.82, 2.24) is 45.1 Å². The van der Waals surface area contributed by atoms with Crippen LogP contribution in [0.1, 0.15) is 135 Å². The highest BCUT2D eigenvalue weighted by Crippen LogP contribution is 2.72. The lowest BCUT2D eigenvalue weighted by molar-refractivity contribution is -0.248. The van der Waals surface area contributed by atoms with Gasteiger partial charge in [0.05, 0.1) is 72.0 Å². The van der Waals surface area contributed by atoms with Crippen molar-refractivity contribution < 1.29 is 118 Å². The average molecular weight is 1740 g/mol. The Morgan fingerprint density at radius 2 is 1.49 bits per heavy atom. The first-order valence-corrected chi connectivity index (χ1v) is 43.8. The molecule has 11 atom stereocenters. The normalized spacial score (nSPS) is 25.5. The number of carbonyl (C=O) groups excluding carboxylic acids is 8. The van der Waals surface area contributed by atoms with Crippen molar-refractivity contribution in [2.24, 2.45) is 22.2 Å². The molecule has 0 radical (unpaired) electrons. The maximum Gasteiger partial charge on any atom is 0.410 e. The van der Waals surface area contributed by atoms with Gasteiger partial charge in [0.15, 0.2) is 16.9 Å². The number of aryl methyl sites for hydroxylation is 1. The summed E-state index contributed by atoms with van der Waals surface area (Å²) < 4.78 is 93.4. The second kappa shape index (κ2) is 35.3. The predicted molar refractivity (Wildman–Crippen MR) is 433 cm³/mol. The number of aliphatic hydroxyl groups is 3. The Balaban J connectivity index is 0.665. The Morgan fingerprint density at radius 3 is 2.17 bits per heavy atom. The number of likely N-dealkylation sites (tertiary alicyclic amines) is 1. The lowest BCUT2D eigenvalue weighted by Gasteiger charge is -2.69. The topological polar surface area (TPSA) is 522 Å². The van der Waals surface area contributed by atoms with Crippen molar-refractivity contribution in [3.05, 3.63) is 130 Å². The number of carboxylic acids is 2. The molecule has 650 valence electrons. The number of carboxylic acid groups (broad SMARTS) is 2. The quantitative estimate of drug-likeness (QED) is 0.0152. The molecular formula is C81H98N12O25S3. The lowest BCUT2D eigenvalue weighted by atomic mass is 9.39. The van der Waals surface area contributed by atoms with Crippen LogP contribution in [0.2, 0.25) is 0 Å². The molecule has 8 amide bonds. The number of fused-ring (bicyclic) bond motifs is 2. The molecule has 2 saturated heterocycles. The van der Waals surface area contributed by atoms with Gasteiger partial charge in [-0.1, -0.05) is 69.4 Å². The summed E-state index contributed by atoms with van der Waals surface area (Å²) in [5, 5.41) is 69.0. The number of pyridine rings is 1. The van der Waals surface area contributed by atoms with Crippen LogP contribution in [-0.4, -0.2) is 263 Å². The van der Waals surface area contributed by atoms with Gasteiger partial charge in [-0.05, 0) is 159 Å². The van der Waals surface area contributed by atoms with E-state index >= 15 is 0 Å². The Morgan fingerprint density at radius 1 is 0.769 bits per heavy atom. The number of imide groups is 1. The zero-order valence-corrected chi connectivity index (χ0v) is 69.7. The summed E-state index contributed by atoms with van der Waals surface area (Å²) in [6.45, 7) is 9.10. The van der Waals surface area contributed by atoms with Crippen LogP contribution >= 0.6 is 11.3 Å². The summed E-state index contributed by atoms with van der Waals surface area (Å²) in [5.41, 5.74) is 3.61. The highest BCUT2D eigenvalue weighted by molar-refractivity contribution is 7.86. The number of hydrogen-bond donors (Lipinski definition) is 11. The number of amides is 8. The number of rotatable bonds is 34. The number of ether oxygens (including phenoxy) is 4. The summed E-state index contributed by atoms with van der Waals surface area (Å²) in [7, 11) is -9.12. The molecule has 40 heteroatoms. The van der Waals surface area contributed by atoms with Crippen LogP contribution in [0, 0.1) is 29.1 Å². The first-order chi connectivity index (χ1) is 57.1. The standard InChI is InChI=1S/C81H98N12O25S3/c1-44(2)64(87-61(94)34-91-51(36-115-27-29-121(112,113)114)31-57(73(91)103)93-62(95)20-21-63(93)96)72(102)83-45(3)70(100)84-50-16-14-49(48(30-50)15-18-58-66(97)67(98)68(99)69(118-58)75(106)107)35-116-77(108)89(25-28-120(109,110)111)24-26-117-81-40-78(5)37-79(6,41-81)39-80(38-78,42-81)43-92-46(4)54(32-82-92)52-17-19-60(86-65(52)74(104)105)90-23-22-47-10-9-11-53(55(47)33-90)71(101)88-76-85-56-12-7-8-13-59(56)119-76/h7-14,16-17,19-21,30,32,44-45,51,57-58,64,66-69,97-99H,15,18,22-29,31,33-43H2,1-6H3,(H,83,102)(H,84,100)(H,87,94)(H,104,105)(H,106,107)(H,85,88,101)(H,109,110,111)(H,112,113,114)/t45?,51-,57-,58-,64?,66-,67+,68-,69-,78?,79?,80?,81?/m0/s1. The number of hydrogen-bond acceptors (Lipinski definition) is 26. The number of carbonyl (C=O) groups is 10. The maximum absolute atomic E-state index is 14.4. The Labute approximate surface area is 700 Å². The van der Waals surface area contributed by atoms with Crippen LogP contribution in [-0.2, 0) is 105 Å². The average Bonchev–Trinajstić information content (AvgIpc) is 0.884. The van der Waals surface area contributed by atoms with E-state index in [1.165, 1.54) is 36.5 Å². The lowest BCUT2D eigenvalue weighted by Crippen LogP contribution is -2.64.